The van der Waals surface area contributed by atoms with Crippen molar-refractivity contribution in [2.75, 3.05) is 0 Å². The summed E-state index contributed by atoms with van der Waals surface area (Å²) in [6, 6.07) is 8.43. The second-order valence-electron chi connectivity index (χ2n) is 7.72. The maximum atomic E-state index is 10.6. The average molecular weight is 363 g/mol. The van der Waals surface area contributed by atoms with E-state index in [9.17, 15) is 5.41 Å². The molecule has 0 bridgehead atoms. The SMILES string of the molecule is CC1CC(c2ccccc2C(=[N-])C(C)(C)C)C(C)C1C.[CH3-].[CH3-].[CH3-].[Ti+4]. The van der Waals surface area contributed by atoms with Crippen molar-refractivity contribution in [2.45, 2.75) is 53.9 Å². The van der Waals surface area contributed by atoms with Crippen molar-refractivity contribution < 1.29 is 21.7 Å². The fourth-order valence-corrected chi connectivity index (χ4v) is 3.56. The van der Waals surface area contributed by atoms with Gasteiger partial charge in [-0.2, -0.15) is 5.71 Å². The number of nitrogens with zero attached hydrogens (tertiary/aromatic N) is 1. The zero-order valence-corrected chi connectivity index (χ0v) is 18.8. The molecule has 1 saturated carbocycles. The third kappa shape index (κ3) is 5.56. The van der Waals surface area contributed by atoms with Crippen LogP contribution in [0, 0.1) is 45.4 Å². The van der Waals surface area contributed by atoms with Crippen LogP contribution in [0.4, 0.5) is 0 Å². The monoisotopic (exact) mass is 363 g/mol. The van der Waals surface area contributed by atoms with Gasteiger partial charge in [0, 0.05) is 0 Å². The molecule has 0 heterocycles. The van der Waals surface area contributed by atoms with Gasteiger partial charge in [0.15, 0.2) is 0 Å². The van der Waals surface area contributed by atoms with E-state index in [1.165, 1.54) is 12.0 Å². The van der Waals surface area contributed by atoms with Gasteiger partial charge in [-0.15, -0.1) is 0 Å². The number of benzene rings is 1. The fourth-order valence-electron chi connectivity index (χ4n) is 3.56. The van der Waals surface area contributed by atoms with Gasteiger partial charge < -0.3 is 27.7 Å². The number of rotatable bonds is 2. The Morgan fingerprint density at radius 1 is 0.958 bits per heavy atom. The maximum Gasteiger partial charge on any atom is 4.00 e. The molecule has 4 unspecified atom stereocenters. The molecule has 134 valence electrons. The van der Waals surface area contributed by atoms with Gasteiger partial charge in [0.05, 0.1) is 0 Å². The van der Waals surface area contributed by atoms with E-state index in [0.717, 1.165) is 17.4 Å². The molecule has 2 rings (SSSR count). The molecule has 0 aromatic heterocycles. The third-order valence-corrected chi connectivity index (χ3v) is 5.31. The van der Waals surface area contributed by atoms with Gasteiger partial charge in [0.1, 0.15) is 0 Å². The van der Waals surface area contributed by atoms with Crippen LogP contribution in [-0.4, -0.2) is 5.71 Å². The molecule has 1 fully saturated rings. The minimum Gasteiger partial charge on any atom is -0.807 e. The number of hydrogen-bond acceptors (Lipinski definition) is 0. The summed E-state index contributed by atoms with van der Waals surface area (Å²) in [5, 5.41) is 10.6. The summed E-state index contributed by atoms with van der Waals surface area (Å²) < 4.78 is 0. The van der Waals surface area contributed by atoms with Gasteiger partial charge in [0.25, 0.3) is 0 Å². The smallest absolute Gasteiger partial charge is 0.807 e. The van der Waals surface area contributed by atoms with E-state index in [1.807, 2.05) is 6.07 Å². The van der Waals surface area contributed by atoms with Gasteiger partial charge >= 0.3 is 21.7 Å². The Labute approximate surface area is 167 Å². The van der Waals surface area contributed by atoms with Crippen LogP contribution in [0.5, 0.6) is 0 Å². The molecule has 1 aromatic carbocycles. The van der Waals surface area contributed by atoms with Crippen molar-refractivity contribution in [3.05, 3.63) is 63.1 Å². The standard InChI is InChI=1S/C19H28N.3CH3.Ti/c1-12-11-17(14(3)13(12)2)15-9-7-8-10-16(15)18(20)19(4,5)6;;;;/h7-10,12-14,17H,11H2,1-6H3;3*1H3;/q4*-1;+4. The van der Waals surface area contributed by atoms with E-state index in [4.69, 9.17) is 0 Å². The molecule has 2 heteroatoms. The maximum absolute atomic E-state index is 10.6. The summed E-state index contributed by atoms with van der Waals surface area (Å²) >= 11 is 0. The largest absolute Gasteiger partial charge is 4.00 e. The van der Waals surface area contributed by atoms with Crippen LogP contribution in [-0.2, 0) is 21.7 Å². The zero-order valence-electron chi connectivity index (χ0n) is 17.3. The summed E-state index contributed by atoms with van der Waals surface area (Å²) in [5.41, 5.74) is 2.71. The van der Waals surface area contributed by atoms with E-state index in [-0.39, 0.29) is 49.4 Å². The fraction of sp³-hybridized carbons (Fsp3) is 0.545. The predicted molar refractivity (Wildman–Crippen MR) is 107 cm³/mol. The van der Waals surface area contributed by atoms with E-state index in [2.05, 4.69) is 59.7 Å². The quantitative estimate of drug-likeness (QED) is 0.312. The van der Waals surface area contributed by atoms with Crippen LogP contribution in [0.25, 0.3) is 5.41 Å². The van der Waals surface area contributed by atoms with Gasteiger partial charge in [-0.25, -0.2) is 0 Å². The molecule has 4 atom stereocenters. The first-order valence-corrected chi connectivity index (χ1v) is 7.89. The van der Waals surface area contributed by atoms with Crippen LogP contribution in [0.15, 0.2) is 24.3 Å². The second-order valence-corrected chi connectivity index (χ2v) is 7.72. The Kier molecular flexibility index (Phi) is 12.5. The summed E-state index contributed by atoms with van der Waals surface area (Å²) in [6.45, 7) is 13.3. The summed E-state index contributed by atoms with van der Waals surface area (Å²) in [5.74, 6) is 2.77. The van der Waals surface area contributed by atoms with Gasteiger partial charge in [-0.05, 0) is 46.6 Å². The first-order chi connectivity index (χ1) is 9.23. The molecule has 0 spiro atoms. The molecular formula is C22H37NTi. The Balaban J connectivity index is -0.00000110. The van der Waals surface area contributed by atoms with E-state index < -0.39 is 0 Å². The molecular weight excluding hydrogens is 326 g/mol. The van der Waals surface area contributed by atoms with Gasteiger partial charge in [-0.3, -0.25) is 0 Å². The van der Waals surface area contributed by atoms with Crippen molar-refractivity contribution in [3.8, 4) is 0 Å². The molecule has 1 aromatic rings. The molecule has 1 nitrogen and oxygen atoms in total. The summed E-state index contributed by atoms with van der Waals surface area (Å²) in [4.78, 5) is 0. The minimum atomic E-state index is -0.199. The minimum absolute atomic E-state index is 0. The van der Waals surface area contributed by atoms with Crippen LogP contribution in [0.2, 0.25) is 0 Å². The molecule has 0 saturated heterocycles. The first kappa shape index (κ1) is 28.4. The molecule has 0 N–H and O–H groups in total. The van der Waals surface area contributed by atoms with E-state index in [1.54, 1.807) is 0 Å². The van der Waals surface area contributed by atoms with Gasteiger partial charge in [-0.1, -0.05) is 65.8 Å². The second kappa shape index (κ2) is 10.6. The Morgan fingerprint density at radius 2 is 1.46 bits per heavy atom. The molecule has 24 heavy (non-hydrogen) atoms. The average Bonchev–Trinajstić information content (AvgIpc) is 2.64. The van der Waals surface area contributed by atoms with E-state index in [0.29, 0.717) is 17.5 Å². The van der Waals surface area contributed by atoms with E-state index >= 15 is 0 Å². The molecule has 0 amide bonds. The first-order valence-electron chi connectivity index (χ1n) is 7.89. The molecule has 1 aliphatic rings. The van der Waals surface area contributed by atoms with Gasteiger partial charge in [0.2, 0.25) is 0 Å². The number of hydrogen-bond donors (Lipinski definition) is 0. The predicted octanol–water partition coefficient (Wildman–Crippen LogP) is 6.84. The topological polar surface area (TPSA) is 22.3 Å². The Morgan fingerprint density at radius 3 is 1.88 bits per heavy atom. The van der Waals surface area contributed by atoms with Crippen LogP contribution >= 0.6 is 0 Å². The van der Waals surface area contributed by atoms with Crippen molar-refractivity contribution >= 4 is 5.71 Å². The van der Waals surface area contributed by atoms with Crippen molar-refractivity contribution in [1.29, 1.82) is 0 Å². The summed E-state index contributed by atoms with van der Waals surface area (Å²) in [7, 11) is 0. The van der Waals surface area contributed by atoms with Crippen molar-refractivity contribution in [1.82, 2.24) is 0 Å². The Bertz CT molecular complexity index is 501. The van der Waals surface area contributed by atoms with Crippen molar-refractivity contribution in [3.63, 3.8) is 0 Å². The third-order valence-electron chi connectivity index (χ3n) is 5.31. The van der Waals surface area contributed by atoms with Crippen LogP contribution < -0.4 is 0 Å². The Hall–Kier alpha value is -0.396. The molecule has 1 aliphatic carbocycles. The normalized spacial score (nSPS) is 25.4. The zero-order chi connectivity index (χ0) is 15.1. The molecule has 0 aliphatic heterocycles. The molecule has 0 radical (unpaired) electrons. The summed E-state index contributed by atoms with van der Waals surface area (Å²) in [6.07, 6.45) is 1.23. The van der Waals surface area contributed by atoms with Crippen LogP contribution in [0.3, 0.4) is 0 Å². The van der Waals surface area contributed by atoms with Crippen molar-refractivity contribution in [2.24, 2.45) is 23.2 Å². The van der Waals surface area contributed by atoms with Crippen LogP contribution in [0.1, 0.15) is 65.0 Å².